The molecular weight excluding hydrogens is 907 g/mol. The fraction of sp³-hybridized carbons (Fsp3) is 0.295. The fourth-order valence-electron chi connectivity index (χ4n) is 7.82. The number of benzene rings is 6. The van der Waals surface area contributed by atoms with Gasteiger partial charge in [-0.25, -0.2) is 19.2 Å². The molecule has 72 heavy (non-hydrogen) atoms. The summed E-state index contributed by atoms with van der Waals surface area (Å²) in [5.41, 5.74) is 1.10. The lowest BCUT2D eigenvalue weighted by Crippen LogP contribution is -2.11. The molecule has 0 radical (unpaired) electrons. The first-order valence-corrected chi connectivity index (χ1v) is 25.0. The summed E-state index contributed by atoms with van der Waals surface area (Å²) in [6.45, 7) is 8.76. The summed E-state index contributed by atoms with van der Waals surface area (Å²) in [5, 5.41) is 11.2. The van der Waals surface area contributed by atoms with Crippen LogP contribution < -0.4 is 28.4 Å². The number of unbranched alkanes of at least 4 members (excludes halogenated alkanes) is 14. The van der Waals surface area contributed by atoms with Crippen LogP contribution in [0.15, 0.2) is 153 Å². The van der Waals surface area contributed by atoms with E-state index in [1.165, 1.54) is 125 Å². The van der Waals surface area contributed by atoms with Gasteiger partial charge in [-0.1, -0.05) is 88.5 Å². The van der Waals surface area contributed by atoms with Gasteiger partial charge >= 0.3 is 23.9 Å². The summed E-state index contributed by atoms with van der Waals surface area (Å²) in [7, 11) is 0. The van der Waals surface area contributed by atoms with Crippen molar-refractivity contribution < 1.29 is 47.6 Å². The molecule has 0 saturated carbocycles. The zero-order valence-corrected chi connectivity index (χ0v) is 41.0. The van der Waals surface area contributed by atoms with Gasteiger partial charge in [-0.2, -0.15) is 5.26 Å². The number of hydrogen-bond acceptors (Lipinski definition) is 11. The van der Waals surface area contributed by atoms with E-state index in [9.17, 15) is 24.4 Å². The molecule has 0 N–H and O–H groups in total. The Morgan fingerprint density at radius 3 is 1.14 bits per heavy atom. The molecule has 6 aromatic rings. The lowest BCUT2D eigenvalue weighted by atomic mass is 10.0. The van der Waals surface area contributed by atoms with Crippen LogP contribution >= 0.6 is 0 Å². The first-order chi connectivity index (χ1) is 35.2. The first-order valence-electron chi connectivity index (χ1n) is 25.0. The van der Waals surface area contributed by atoms with Gasteiger partial charge in [0.25, 0.3) is 0 Å². The predicted octanol–water partition coefficient (Wildman–Crippen LogP) is 15.0. The lowest BCUT2D eigenvalue weighted by Gasteiger charge is -2.11. The van der Waals surface area contributed by atoms with E-state index < -0.39 is 23.9 Å². The second kappa shape index (κ2) is 29.3. The Labute approximate surface area is 423 Å². The SMILES string of the molecule is C=CCCCCCCCCCOc1ccc(C(=O)Oc2ccc(C(=O)Oc3ccc4ccc(OC(=O)c5ccc(OC(=O)c6ccc(OCCCCCCCCCC=C)cc6)cc5)c(C#N)c4c3)cc2)cc1. The van der Waals surface area contributed by atoms with Gasteiger partial charge in [-0.3, -0.25) is 0 Å². The number of esters is 4. The topological polar surface area (TPSA) is 147 Å². The largest absolute Gasteiger partial charge is 0.494 e. The molecule has 0 spiro atoms. The third-order valence-corrected chi connectivity index (χ3v) is 11.9. The Hall–Kier alpha value is -7.97. The Bertz CT molecular complexity index is 2750. The molecule has 0 heterocycles. The monoisotopic (exact) mass is 969 g/mol. The molecule has 0 aliphatic carbocycles. The van der Waals surface area contributed by atoms with E-state index in [4.69, 9.17) is 28.4 Å². The quantitative estimate of drug-likeness (QED) is 0.0184. The van der Waals surface area contributed by atoms with Crippen molar-refractivity contribution in [2.45, 2.75) is 103 Å². The molecule has 0 aliphatic heterocycles. The Morgan fingerprint density at radius 2 is 0.736 bits per heavy atom. The number of allylic oxidation sites excluding steroid dienone is 2. The highest BCUT2D eigenvalue weighted by Gasteiger charge is 2.18. The number of rotatable bonds is 30. The number of carbonyl (C=O) groups excluding carboxylic acids is 4. The maximum Gasteiger partial charge on any atom is 0.343 e. The van der Waals surface area contributed by atoms with Crippen LogP contribution in [0.4, 0.5) is 0 Å². The van der Waals surface area contributed by atoms with Crippen LogP contribution in [0.5, 0.6) is 34.5 Å². The number of nitrogens with zero attached hydrogens (tertiary/aromatic N) is 1. The maximum absolute atomic E-state index is 13.3. The van der Waals surface area contributed by atoms with Gasteiger partial charge in [0.1, 0.15) is 46.1 Å². The predicted molar refractivity (Wildman–Crippen MR) is 280 cm³/mol. The van der Waals surface area contributed by atoms with Crippen molar-refractivity contribution in [2.24, 2.45) is 0 Å². The minimum Gasteiger partial charge on any atom is -0.494 e. The molecule has 6 aromatic carbocycles. The zero-order chi connectivity index (χ0) is 50.8. The summed E-state index contributed by atoms with van der Waals surface area (Å²) in [6.07, 6.45) is 22.6. The molecule has 6 rings (SSSR count). The number of carbonyl (C=O) groups is 4. The van der Waals surface area contributed by atoms with E-state index >= 15 is 0 Å². The first kappa shape index (κ1) is 53.4. The van der Waals surface area contributed by atoms with Gasteiger partial charge in [0.2, 0.25) is 0 Å². The van der Waals surface area contributed by atoms with Crippen molar-refractivity contribution >= 4 is 34.6 Å². The molecule has 0 unspecified atom stereocenters. The second-order valence-corrected chi connectivity index (χ2v) is 17.4. The minimum absolute atomic E-state index is 0.00342. The van der Waals surface area contributed by atoms with E-state index in [1.54, 1.807) is 66.7 Å². The summed E-state index contributed by atoms with van der Waals surface area (Å²) in [4.78, 5) is 52.2. The highest BCUT2D eigenvalue weighted by molar-refractivity contribution is 5.97. The molecule has 0 atom stereocenters. The minimum atomic E-state index is -0.740. The smallest absolute Gasteiger partial charge is 0.343 e. The fourth-order valence-corrected chi connectivity index (χ4v) is 7.82. The van der Waals surface area contributed by atoms with E-state index in [2.05, 4.69) is 19.2 Å². The van der Waals surface area contributed by atoms with Gasteiger partial charge in [-0.05, 0) is 159 Å². The lowest BCUT2D eigenvalue weighted by molar-refractivity contribution is 0.0720. The van der Waals surface area contributed by atoms with Crippen LogP contribution in [0.2, 0.25) is 0 Å². The third-order valence-electron chi connectivity index (χ3n) is 11.9. The van der Waals surface area contributed by atoms with Gasteiger partial charge in [0.05, 0.1) is 35.5 Å². The van der Waals surface area contributed by atoms with Gasteiger partial charge in [-0.15, -0.1) is 13.2 Å². The van der Waals surface area contributed by atoms with Crippen molar-refractivity contribution in [2.75, 3.05) is 13.2 Å². The molecule has 0 aliphatic rings. The van der Waals surface area contributed by atoms with Gasteiger partial charge in [0.15, 0.2) is 0 Å². The molecule has 11 nitrogen and oxygen atoms in total. The third kappa shape index (κ3) is 17.2. The van der Waals surface area contributed by atoms with Crippen molar-refractivity contribution in [3.63, 3.8) is 0 Å². The van der Waals surface area contributed by atoms with Gasteiger partial charge < -0.3 is 28.4 Å². The van der Waals surface area contributed by atoms with Crippen molar-refractivity contribution in [3.05, 3.63) is 181 Å². The Kier molecular flexibility index (Phi) is 21.7. The summed E-state index contributed by atoms with van der Waals surface area (Å²) >= 11 is 0. The van der Waals surface area contributed by atoms with E-state index in [1.807, 2.05) is 12.2 Å². The van der Waals surface area contributed by atoms with Gasteiger partial charge in [0, 0.05) is 5.39 Å². The molecule has 372 valence electrons. The summed E-state index contributed by atoms with van der Waals surface area (Å²) in [5.74, 6) is -0.569. The average Bonchev–Trinajstić information content (AvgIpc) is 3.40. The molecule has 0 saturated heterocycles. The highest BCUT2D eigenvalue weighted by Crippen LogP contribution is 2.32. The van der Waals surface area contributed by atoms with Crippen LogP contribution in [-0.4, -0.2) is 37.1 Å². The highest BCUT2D eigenvalue weighted by atomic mass is 16.5. The van der Waals surface area contributed by atoms with E-state index in [-0.39, 0.29) is 39.7 Å². The van der Waals surface area contributed by atoms with Crippen LogP contribution in [0.1, 0.15) is 150 Å². The van der Waals surface area contributed by atoms with Crippen LogP contribution in [0, 0.1) is 11.3 Å². The molecular formula is C61H63NO10. The Morgan fingerprint density at radius 1 is 0.403 bits per heavy atom. The molecule has 0 amide bonds. The van der Waals surface area contributed by atoms with Crippen molar-refractivity contribution in [1.29, 1.82) is 5.26 Å². The van der Waals surface area contributed by atoms with Crippen LogP contribution in [0.3, 0.4) is 0 Å². The van der Waals surface area contributed by atoms with Crippen LogP contribution in [-0.2, 0) is 0 Å². The Balaban J connectivity index is 0.940. The number of hydrogen-bond donors (Lipinski definition) is 0. The maximum atomic E-state index is 13.3. The number of fused-ring (bicyclic) bond motifs is 1. The number of ether oxygens (including phenoxy) is 6. The summed E-state index contributed by atoms with van der Waals surface area (Å²) < 4.78 is 34.1. The molecule has 0 fully saturated rings. The molecule has 11 heteroatoms. The van der Waals surface area contributed by atoms with E-state index in [0.717, 1.165) is 38.5 Å². The summed E-state index contributed by atoms with van der Waals surface area (Å²) in [6, 6.07) is 35.5. The number of nitriles is 1. The van der Waals surface area contributed by atoms with Crippen LogP contribution in [0.25, 0.3) is 10.8 Å². The average molecular weight is 970 g/mol. The van der Waals surface area contributed by atoms with E-state index in [0.29, 0.717) is 46.6 Å². The normalized spacial score (nSPS) is 10.7. The standard InChI is InChI=1S/C61H63NO10/c1-3-5-7-9-11-13-15-17-19-41-67-50-31-22-46(23-32-50)58(63)69-52-35-26-48(27-36-52)60(65)71-54-39-21-45-30-40-57(56(44-62)55(45)43-54)72-61(66)49-28-37-53(38-29-49)70-59(64)47-24-33-51(34-25-47)68-42-20-18-16-14-12-10-8-6-4-2/h3-4,21-40,43H,1-2,5-20,41-42H2. The van der Waals surface area contributed by atoms with Crippen molar-refractivity contribution in [1.82, 2.24) is 0 Å². The zero-order valence-electron chi connectivity index (χ0n) is 41.0. The second-order valence-electron chi connectivity index (χ2n) is 17.4. The molecule has 0 bridgehead atoms. The van der Waals surface area contributed by atoms with Crippen molar-refractivity contribution in [3.8, 4) is 40.6 Å². The molecule has 0 aromatic heterocycles.